The van der Waals surface area contributed by atoms with Crippen LogP contribution >= 0.6 is 0 Å². The Hall–Kier alpha value is -0.900. The molecule has 1 aliphatic rings. The quantitative estimate of drug-likeness (QED) is 0.900. The summed E-state index contributed by atoms with van der Waals surface area (Å²) in [6, 6.07) is 8.65. The van der Waals surface area contributed by atoms with Crippen LogP contribution in [0.4, 0.5) is 0 Å². The number of aryl methyl sites for hydroxylation is 1. The van der Waals surface area contributed by atoms with E-state index < -0.39 is 0 Å². The first-order valence-electron chi connectivity index (χ1n) is 7.39. The van der Waals surface area contributed by atoms with Crippen LogP contribution in [0.3, 0.4) is 0 Å². The van der Waals surface area contributed by atoms with E-state index in [4.69, 9.17) is 5.73 Å². The Morgan fingerprint density at radius 3 is 2.74 bits per heavy atom. The van der Waals surface area contributed by atoms with Crippen molar-refractivity contribution >= 4 is 0 Å². The highest BCUT2D eigenvalue weighted by atomic mass is 15.2. The van der Waals surface area contributed by atoms with Crippen LogP contribution in [0, 0.1) is 6.92 Å². The maximum absolute atomic E-state index is 6.34. The van der Waals surface area contributed by atoms with Crippen molar-refractivity contribution in [3.05, 3.63) is 35.4 Å². The zero-order valence-corrected chi connectivity index (χ0v) is 12.3. The van der Waals surface area contributed by atoms with E-state index in [1.807, 2.05) is 0 Å². The molecule has 0 spiro atoms. The summed E-state index contributed by atoms with van der Waals surface area (Å²) in [6.07, 6.45) is 2.32. The van der Waals surface area contributed by atoms with E-state index >= 15 is 0 Å². The number of hydrogen-bond donors (Lipinski definition) is 1. The number of nitrogens with zero attached hydrogens (tertiary/aromatic N) is 2. The first-order valence-corrected chi connectivity index (χ1v) is 7.39. The van der Waals surface area contributed by atoms with Gasteiger partial charge in [-0.1, -0.05) is 24.3 Å². The molecule has 3 heteroatoms. The van der Waals surface area contributed by atoms with Crippen LogP contribution in [0.1, 0.15) is 30.0 Å². The van der Waals surface area contributed by atoms with Gasteiger partial charge >= 0.3 is 0 Å². The highest BCUT2D eigenvalue weighted by molar-refractivity contribution is 5.28. The fourth-order valence-corrected chi connectivity index (χ4v) is 2.80. The van der Waals surface area contributed by atoms with Gasteiger partial charge in [0.15, 0.2) is 0 Å². The van der Waals surface area contributed by atoms with Gasteiger partial charge in [-0.2, -0.15) is 0 Å². The molecule has 1 fully saturated rings. The maximum atomic E-state index is 6.34. The molecule has 0 aromatic heterocycles. The van der Waals surface area contributed by atoms with Gasteiger partial charge in [0.25, 0.3) is 0 Å². The molecule has 1 aromatic carbocycles. The SMILES string of the molecule is Cc1ccccc1C(N)CCN1CCCN(C)CC1. The van der Waals surface area contributed by atoms with Gasteiger partial charge in [-0.05, 0) is 57.6 Å². The minimum atomic E-state index is 0.169. The fourth-order valence-electron chi connectivity index (χ4n) is 2.80. The molecule has 1 aromatic rings. The van der Waals surface area contributed by atoms with Gasteiger partial charge in [-0.25, -0.2) is 0 Å². The number of rotatable bonds is 4. The molecule has 0 saturated carbocycles. The van der Waals surface area contributed by atoms with Crippen LogP contribution in [-0.4, -0.2) is 49.6 Å². The second kappa shape index (κ2) is 7.04. The van der Waals surface area contributed by atoms with Gasteiger partial charge in [0.2, 0.25) is 0 Å². The lowest BCUT2D eigenvalue weighted by Gasteiger charge is -2.22. The summed E-state index contributed by atoms with van der Waals surface area (Å²) < 4.78 is 0. The number of hydrogen-bond acceptors (Lipinski definition) is 3. The molecule has 0 bridgehead atoms. The predicted octanol–water partition coefficient (Wildman–Crippen LogP) is 2.02. The third-order valence-electron chi connectivity index (χ3n) is 4.16. The number of likely N-dealkylation sites (N-methyl/N-ethyl adjacent to an activating group) is 1. The summed E-state index contributed by atoms with van der Waals surface area (Å²) in [4.78, 5) is 4.98. The van der Waals surface area contributed by atoms with Crippen LogP contribution < -0.4 is 5.73 Å². The summed E-state index contributed by atoms with van der Waals surface area (Å²) in [5.74, 6) is 0. The highest BCUT2D eigenvalue weighted by Gasteiger charge is 2.14. The lowest BCUT2D eigenvalue weighted by molar-refractivity contribution is 0.267. The molecule has 3 nitrogen and oxygen atoms in total. The Labute approximate surface area is 117 Å². The van der Waals surface area contributed by atoms with Gasteiger partial charge in [-0.3, -0.25) is 0 Å². The summed E-state index contributed by atoms with van der Waals surface area (Å²) in [5, 5.41) is 0. The Morgan fingerprint density at radius 2 is 1.95 bits per heavy atom. The normalized spacial score (nSPS) is 20.2. The molecule has 1 aliphatic heterocycles. The standard InChI is InChI=1S/C16H27N3/c1-14-6-3-4-7-15(14)16(17)8-11-19-10-5-9-18(2)12-13-19/h3-4,6-7,16H,5,8-13,17H2,1-2H3. The van der Waals surface area contributed by atoms with Gasteiger partial charge in [0.05, 0.1) is 0 Å². The second-order valence-corrected chi connectivity index (χ2v) is 5.75. The molecular weight excluding hydrogens is 234 g/mol. The lowest BCUT2D eigenvalue weighted by atomic mass is 9.99. The third-order valence-corrected chi connectivity index (χ3v) is 4.16. The van der Waals surface area contributed by atoms with Crippen LogP contribution in [0.5, 0.6) is 0 Å². The van der Waals surface area contributed by atoms with Crippen molar-refractivity contribution in [3.8, 4) is 0 Å². The molecule has 2 N–H and O–H groups in total. The van der Waals surface area contributed by atoms with Crippen LogP contribution in [0.25, 0.3) is 0 Å². The van der Waals surface area contributed by atoms with E-state index in [0.717, 1.165) is 13.0 Å². The van der Waals surface area contributed by atoms with E-state index in [1.165, 1.54) is 43.7 Å². The van der Waals surface area contributed by atoms with Crippen molar-refractivity contribution in [1.29, 1.82) is 0 Å². The topological polar surface area (TPSA) is 32.5 Å². The van der Waals surface area contributed by atoms with E-state index in [9.17, 15) is 0 Å². The van der Waals surface area contributed by atoms with E-state index in [-0.39, 0.29) is 6.04 Å². The molecule has 1 atom stereocenters. The minimum Gasteiger partial charge on any atom is -0.324 e. The molecule has 0 amide bonds. The van der Waals surface area contributed by atoms with E-state index in [2.05, 4.69) is 48.0 Å². The second-order valence-electron chi connectivity index (χ2n) is 5.75. The third kappa shape index (κ3) is 4.30. The van der Waals surface area contributed by atoms with E-state index in [1.54, 1.807) is 0 Å². The molecule has 106 valence electrons. The van der Waals surface area contributed by atoms with Gasteiger partial charge < -0.3 is 15.5 Å². The summed E-state index contributed by atoms with van der Waals surface area (Å²) in [6.45, 7) is 8.06. The average Bonchev–Trinajstić information content (AvgIpc) is 2.61. The van der Waals surface area contributed by atoms with Crippen molar-refractivity contribution in [3.63, 3.8) is 0 Å². The molecule has 1 heterocycles. The van der Waals surface area contributed by atoms with Gasteiger partial charge in [0, 0.05) is 19.1 Å². The predicted molar refractivity (Wildman–Crippen MR) is 81.3 cm³/mol. The number of nitrogens with two attached hydrogens (primary N) is 1. The lowest BCUT2D eigenvalue weighted by Crippen LogP contribution is -2.31. The summed E-state index contributed by atoms with van der Waals surface area (Å²) in [7, 11) is 2.21. The monoisotopic (exact) mass is 261 g/mol. The van der Waals surface area contributed by atoms with Crippen molar-refractivity contribution < 1.29 is 0 Å². The van der Waals surface area contributed by atoms with Crippen molar-refractivity contribution in [1.82, 2.24) is 9.80 Å². The Kier molecular flexibility index (Phi) is 5.37. The Bertz CT molecular complexity index is 391. The highest BCUT2D eigenvalue weighted by Crippen LogP contribution is 2.18. The molecule has 2 rings (SSSR count). The largest absolute Gasteiger partial charge is 0.324 e. The molecule has 1 saturated heterocycles. The summed E-state index contributed by atoms with van der Waals surface area (Å²) >= 11 is 0. The maximum Gasteiger partial charge on any atom is 0.0309 e. The molecule has 0 aliphatic carbocycles. The zero-order valence-electron chi connectivity index (χ0n) is 12.3. The molecule has 1 unspecified atom stereocenters. The molecule has 0 radical (unpaired) electrons. The van der Waals surface area contributed by atoms with Gasteiger partial charge in [-0.15, -0.1) is 0 Å². The Balaban J connectivity index is 1.83. The van der Waals surface area contributed by atoms with Crippen molar-refractivity contribution in [2.24, 2.45) is 5.73 Å². The first kappa shape index (κ1) is 14.5. The van der Waals surface area contributed by atoms with Crippen LogP contribution in [0.15, 0.2) is 24.3 Å². The average molecular weight is 261 g/mol. The first-order chi connectivity index (χ1) is 9.16. The van der Waals surface area contributed by atoms with Crippen molar-refractivity contribution in [2.45, 2.75) is 25.8 Å². The van der Waals surface area contributed by atoms with Gasteiger partial charge in [0.1, 0.15) is 0 Å². The van der Waals surface area contributed by atoms with E-state index in [0.29, 0.717) is 0 Å². The smallest absolute Gasteiger partial charge is 0.0309 e. The molecule has 19 heavy (non-hydrogen) atoms. The fraction of sp³-hybridized carbons (Fsp3) is 0.625. The zero-order chi connectivity index (χ0) is 13.7. The van der Waals surface area contributed by atoms with Crippen LogP contribution in [-0.2, 0) is 0 Å². The van der Waals surface area contributed by atoms with Crippen molar-refractivity contribution in [2.75, 3.05) is 39.8 Å². The minimum absolute atomic E-state index is 0.169. The Morgan fingerprint density at radius 1 is 1.16 bits per heavy atom. The molecular formula is C16H27N3. The number of benzene rings is 1. The summed E-state index contributed by atoms with van der Waals surface area (Å²) in [5.41, 5.74) is 8.95. The van der Waals surface area contributed by atoms with Crippen LogP contribution in [0.2, 0.25) is 0 Å².